The highest BCUT2D eigenvalue weighted by atomic mass is 19.1. The number of fused-ring (bicyclic) bond motifs is 1. The van der Waals surface area contributed by atoms with Gasteiger partial charge in [0.25, 0.3) is 0 Å². The van der Waals surface area contributed by atoms with Crippen molar-refractivity contribution in [1.29, 1.82) is 0 Å². The number of nitrogens with two attached hydrogens (primary N) is 1. The van der Waals surface area contributed by atoms with Gasteiger partial charge in [0.1, 0.15) is 11.3 Å². The van der Waals surface area contributed by atoms with E-state index in [2.05, 4.69) is 11.9 Å². The lowest BCUT2D eigenvalue weighted by atomic mass is 9.82. The molecule has 1 saturated carbocycles. The highest BCUT2D eigenvalue weighted by molar-refractivity contribution is 5.79. The van der Waals surface area contributed by atoms with Gasteiger partial charge in [0, 0.05) is 18.7 Å². The SMILES string of the molecule is CC1CCCC(Cn2c(N)nc3c(F)cc(F)cc32)C1. The number of benzene rings is 1. The van der Waals surface area contributed by atoms with Crippen LogP contribution in [0.5, 0.6) is 0 Å². The summed E-state index contributed by atoms with van der Waals surface area (Å²) in [6.45, 7) is 2.94. The Bertz CT molecular complexity index is 636. The minimum atomic E-state index is -0.650. The molecule has 0 amide bonds. The van der Waals surface area contributed by atoms with Crippen LogP contribution >= 0.6 is 0 Å². The van der Waals surface area contributed by atoms with Crippen LogP contribution in [-0.4, -0.2) is 9.55 Å². The molecule has 1 aromatic carbocycles. The number of halogens is 2. The first-order valence-electron chi connectivity index (χ1n) is 7.15. The zero-order chi connectivity index (χ0) is 14.3. The first kappa shape index (κ1) is 13.3. The maximum absolute atomic E-state index is 13.7. The highest BCUT2D eigenvalue weighted by Gasteiger charge is 2.22. The summed E-state index contributed by atoms with van der Waals surface area (Å²) in [4.78, 5) is 4.04. The van der Waals surface area contributed by atoms with Gasteiger partial charge in [-0.15, -0.1) is 0 Å². The van der Waals surface area contributed by atoms with Crippen molar-refractivity contribution in [1.82, 2.24) is 9.55 Å². The molecule has 1 aliphatic rings. The van der Waals surface area contributed by atoms with Crippen LogP contribution in [0.3, 0.4) is 0 Å². The van der Waals surface area contributed by atoms with Gasteiger partial charge >= 0.3 is 0 Å². The summed E-state index contributed by atoms with van der Waals surface area (Å²) >= 11 is 0. The first-order chi connectivity index (χ1) is 9.54. The third kappa shape index (κ3) is 2.37. The lowest BCUT2D eigenvalue weighted by Gasteiger charge is -2.27. The smallest absolute Gasteiger partial charge is 0.201 e. The average molecular weight is 279 g/mol. The molecule has 108 valence electrons. The summed E-state index contributed by atoms with van der Waals surface area (Å²) in [5.74, 6) is 0.237. The van der Waals surface area contributed by atoms with E-state index in [4.69, 9.17) is 5.73 Å². The standard InChI is InChI=1S/C15H19F2N3/c1-9-3-2-4-10(5-9)8-20-13-7-11(16)6-12(17)14(13)19-15(20)18/h6-7,9-10H,2-5,8H2,1H3,(H2,18,19). The van der Waals surface area contributed by atoms with Gasteiger partial charge in [-0.05, 0) is 24.7 Å². The molecule has 0 bridgehead atoms. The zero-order valence-corrected chi connectivity index (χ0v) is 11.6. The lowest BCUT2D eigenvalue weighted by Crippen LogP contribution is -2.19. The van der Waals surface area contributed by atoms with Crippen molar-refractivity contribution < 1.29 is 8.78 Å². The molecule has 0 saturated heterocycles. The van der Waals surface area contributed by atoms with Crippen molar-refractivity contribution in [3.63, 3.8) is 0 Å². The van der Waals surface area contributed by atoms with Gasteiger partial charge in [0.05, 0.1) is 5.52 Å². The second-order valence-electron chi connectivity index (χ2n) is 5.97. The van der Waals surface area contributed by atoms with Crippen LogP contribution in [0.4, 0.5) is 14.7 Å². The molecule has 3 rings (SSSR count). The summed E-state index contributed by atoms with van der Waals surface area (Å²) in [6.07, 6.45) is 4.75. The Morgan fingerprint density at radius 1 is 1.35 bits per heavy atom. The van der Waals surface area contributed by atoms with Crippen LogP contribution in [0.15, 0.2) is 12.1 Å². The molecule has 2 aromatic rings. The summed E-state index contributed by atoms with van der Waals surface area (Å²) in [7, 11) is 0. The fraction of sp³-hybridized carbons (Fsp3) is 0.533. The minimum Gasteiger partial charge on any atom is -0.369 e. The van der Waals surface area contributed by atoms with Gasteiger partial charge in [-0.3, -0.25) is 0 Å². The average Bonchev–Trinajstić information content (AvgIpc) is 2.68. The van der Waals surface area contributed by atoms with E-state index in [-0.39, 0.29) is 11.5 Å². The Morgan fingerprint density at radius 2 is 2.15 bits per heavy atom. The Kier molecular flexibility index (Phi) is 3.36. The number of hydrogen-bond acceptors (Lipinski definition) is 2. The summed E-state index contributed by atoms with van der Waals surface area (Å²) in [6, 6.07) is 2.16. The van der Waals surface area contributed by atoms with Crippen molar-refractivity contribution >= 4 is 17.0 Å². The zero-order valence-electron chi connectivity index (χ0n) is 11.6. The number of aromatic nitrogens is 2. The van der Waals surface area contributed by atoms with Crippen LogP contribution in [0.2, 0.25) is 0 Å². The molecule has 2 atom stereocenters. The van der Waals surface area contributed by atoms with E-state index < -0.39 is 11.6 Å². The second kappa shape index (κ2) is 5.04. The molecule has 2 unspecified atom stereocenters. The Hall–Kier alpha value is -1.65. The molecule has 0 radical (unpaired) electrons. The summed E-state index contributed by atoms with van der Waals surface area (Å²) in [5.41, 5.74) is 6.50. The monoisotopic (exact) mass is 279 g/mol. The Morgan fingerprint density at radius 3 is 2.90 bits per heavy atom. The van der Waals surface area contributed by atoms with E-state index in [9.17, 15) is 8.78 Å². The quantitative estimate of drug-likeness (QED) is 0.910. The molecular weight excluding hydrogens is 260 g/mol. The van der Waals surface area contributed by atoms with Crippen molar-refractivity contribution in [2.24, 2.45) is 11.8 Å². The minimum absolute atomic E-state index is 0.160. The van der Waals surface area contributed by atoms with Crippen molar-refractivity contribution in [3.8, 4) is 0 Å². The molecular formula is C15H19F2N3. The van der Waals surface area contributed by atoms with Crippen LogP contribution < -0.4 is 5.73 Å². The lowest BCUT2D eigenvalue weighted by molar-refractivity contribution is 0.259. The number of nitrogen functional groups attached to an aromatic ring is 1. The van der Waals surface area contributed by atoms with Crippen LogP contribution in [0.25, 0.3) is 11.0 Å². The molecule has 5 heteroatoms. The van der Waals surface area contributed by atoms with Gasteiger partial charge in [-0.1, -0.05) is 19.8 Å². The molecule has 0 aliphatic heterocycles. The van der Waals surface area contributed by atoms with Gasteiger partial charge in [0.2, 0.25) is 5.95 Å². The number of imidazole rings is 1. The van der Waals surface area contributed by atoms with E-state index in [0.29, 0.717) is 23.9 Å². The predicted octanol–water partition coefficient (Wildman–Crippen LogP) is 3.72. The third-order valence-electron chi connectivity index (χ3n) is 4.29. The van der Waals surface area contributed by atoms with E-state index in [1.165, 1.54) is 18.9 Å². The first-order valence-corrected chi connectivity index (χ1v) is 7.15. The maximum Gasteiger partial charge on any atom is 0.201 e. The van der Waals surface area contributed by atoms with Gasteiger partial charge in [-0.2, -0.15) is 0 Å². The summed E-state index contributed by atoms with van der Waals surface area (Å²) in [5, 5.41) is 0. The predicted molar refractivity (Wildman–Crippen MR) is 75.2 cm³/mol. The largest absolute Gasteiger partial charge is 0.369 e. The van der Waals surface area contributed by atoms with Crippen molar-refractivity contribution in [2.45, 2.75) is 39.2 Å². The maximum atomic E-state index is 13.7. The highest BCUT2D eigenvalue weighted by Crippen LogP contribution is 2.32. The van der Waals surface area contributed by atoms with Crippen LogP contribution in [0, 0.1) is 23.5 Å². The number of anilines is 1. The molecule has 2 N–H and O–H groups in total. The van der Waals surface area contributed by atoms with Crippen LogP contribution in [0.1, 0.15) is 32.6 Å². The Labute approximate surface area is 116 Å². The number of hydrogen-bond donors (Lipinski definition) is 1. The number of nitrogens with zero attached hydrogens (tertiary/aromatic N) is 2. The van der Waals surface area contributed by atoms with Gasteiger partial charge in [0.15, 0.2) is 5.82 Å². The molecule has 1 fully saturated rings. The van der Waals surface area contributed by atoms with Gasteiger partial charge < -0.3 is 10.3 Å². The molecule has 1 aliphatic carbocycles. The second-order valence-corrected chi connectivity index (χ2v) is 5.97. The third-order valence-corrected chi connectivity index (χ3v) is 4.29. The number of rotatable bonds is 2. The Balaban J connectivity index is 1.96. The van der Waals surface area contributed by atoms with Gasteiger partial charge in [-0.25, -0.2) is 13.8 Å². The molecule has 3 nitrogen and oxygen atoms in total. The van der Waals surface area contributed by atoms with E-state index in [0.717, 1.165) is 18.9 Å². The topological polar surface area (TPSA) is 43.8 Å². The molecule has 1 aromatic heterocycles. The summed E-state index contributed by atoms with van der Waals surface area (Å²) < 4.78 is 28.9. The van der Waals surface area contributed by atoms with E-state index in [1.807, 2.05) is 0 Å². The van der Waals surface area contributed by atoms with E-state index >= 15 is 0 Å². The molecule has 1 heterocycles. The molecule has 0 spiro atoms. The van der Waals surface area contributed by atoms with Crippen LogP contribution in [-0.2, 0) is 6.54 Å². The molecule has 20 heavy (non-hydrogen) atoms. The fourth-order valence-corrected chi connectivity index (χ4v) is 3.34. The van der Waals surface area contributed by atoms with Crippen molar-refractivity contribution in [2.75, 3.05) is 5.73 Å². The van der Waals surface area contributed by atoms with E-state index in [1.54, 1.807) is 4.57 Å². The normalized spacial score (nSPS) is 23.4. The fourth-order valence-electron chi connectivity index (χ4n) is 3.34. The van der Waals surface area contributed by atoms with Crippen molar-refractivity contribution in [3.05, 3.63) is 23.8 Å².